The van der Waals surface area contributed by atoms with E-state index >= 15 is 0 Å². The van der Waals surface area contributed by atoms with Gasteiger partial charge < -0.3 is 20.3 Å². The highest BCUT2D eigenvalue weighted by Gasteiger charge is 2.36. The fourth-order valence-corrected chi connectivity index (χ4v) is 4.92. The average molecular weight is 570 g/mol. The summed E-state index contributed by atoms with van der Waals surface area (Å²) in [4.78, 5) is 42.8. The molecule has 0 spiro atoms. The fourth-order valence-electron chi connectivity index (χ4n) is 4.45. The largest absolute Gasteiger partial charge is 0.444 e. The molecule has 2 N–H and O–H groups in total. The Labute approximate surface area is 244 Å². The second-order valence-electron chi connectivity index (χ2n) is 11.2. The lowest BCUT2D eigenvalue weighted by Gasteiger charge is -2.35. The van der Waals surface area contributed by atoms with Crippen molar-refractivity contribution >= 4 is 35.4 Å². The summed E-state index contributed by atoms with van der Waals surface area (Å²) in [6, 6.07) is 13.6. The van der Waals surface area contributed by atoms with Gasteiger partial charge >= 0.3 is 6.09 Å². The Morgan fingerprint density at radius 3 is 2.35 bits per heavy atom. The molecule has 40 heavy (non-hydrogen) atoms. The first-order valence-electron chi connectivity index (χ1n) is 14.2. The molecule has 0 aliphatic heterocycles. The predicted molar refractivity (Wildman–Crippen MR) is 166 cm³/mol. The van der Waals surface area contributed by atoms with Crippen molar-refractivity contribution in [2.75, 3.05) is 23.9 Å². The number of nitrogens with one attached hydrogen (secondary N) is 2. The lowest BCUT2D eigenvalue weighted by molar-refractivity contribution is -0.141. The number of amides is 3. The van der Waals surface area contributed by atoms with Gasteiger partial charge in [-0.25, -0.2) is 4.79 Å². The third-order valence-corrected chi connectivity index (χ3v) is 7.10. The van der Waals surface area contributed by atoms with E-state index in [-0.39, 0.29) is 11.8 Å². The summed E-state index contributed by atoms with van der Waals surface area (Å²) in [6.45, 7) is 11.8. The minimum absolute atomic E-state index is 0.287. The molecule has 0 saturated carbocycles. The molecule has 2 aromatic carbocycles. The van der Waals surface area contributed by atoms with Crippen LogP contribution in [0, 0.1) is 13.8 Å². The first-order chi connectivity index (χ1) is 19.0. The Hall–Kier alpha value is -3.00. The van der Waals surface area contributed by atoms with Crippen molar-refractivity contribution in [3.05, 3.63) is 65.2 Å². The molecule has 0 aliphatic carbocycles. The minimum Gasteiger partial charge on any atom is -0.444 e. The van der Waals surface area contributed by atoms with E-state index in [2.05, 4.69) is 17.6 Å². The number of aryl methyl sites for hydroxylation is 2. The molecule has 3 amide bonds. The quantitative estimate of drug-likeness (QED) is 0.238. The van der Waals surface area contributed by atoms with Gasteiger partial charge in [-0.1, -0.05) is 74.2 Å². The van der Waals surface area contributed by atoms with Crippen LogP contribution in [0.4, 0.5) is 10.5 Å². The Balaban J connectivity index is 2.53. The van der Waals surface area contributed by atoms with Crippen LogP contribution < -0.4 is 10.6 Å². The maximum atomic E-state index is 14.3. The summed E-state index contributed by atoms with van der Waals surface area (Å²) in [5.74, 6) is 0.0906. The van der Waals surface area contributed by atoms with Crippen molar-refractivity contribution < 1.29 is 19.1 Å². The van der Waals surface area contributed by atoms with Gasteiger partial charge in [-0.3, -0.25) is 9.59 Å². The molecule has 0 saturated heterocycles. The van der Waals surface area contributed by atoms with Gasteiger partial charge in [0, 0.05) is 12.2 Å². The number of para-hydroxylation sites is 1. The van der Waals surface area contributed by atoms with E-state index in [0.29, 0.717) is 24.4 Å². The predicted octanol–water partition coefficient (Wildman–Crippen LogP) is 7.04. The SMILES string of the molecule is CCCCCCN(C(=O)C(CCSC)NC(=O)OC(C)(C)C)C(C(=O)Nc1ccccc1C)c1cccc(C)c1. The number of nitrogens with zero attached hydrogens (tertiary/aromatic N) is 1. The van der Waals surface area contributed by atoms with Crippen molar-refractivity contribution in [2.24, 2.45) is 0 Å². The lowest BCUT2D eigenvalue weighted by atomic mass is 9.99. The van der Waals surface area contributed by atoms with Gasteiger partial charge in [0.1, 0.15) is 17.7 Å². The molecule has 220 valence electrons. The second kappa shape index (κ2) is 16.3. The highest BCUT2D eigenvalue weighted by atomic mass is 32.2. The summed E-state index contributed by atoms with van der Waals surface area (Å²) >= 11 is 1.60. The number of carbonyl (C=O) groups excluding carboxylic acids is 3. The smallest absolute Gasteiger partial charge is 0.408 e. The highest BCUT2D eigenvalue weighted by Crippen LogP contribution is 2.27. The summed E-state index contributed by atoms with van der Waals surface area (Å²) in [5, 5.41) is 5.88. The molecule has 0 bridgehead atoms. The topological polar surface area (TPSA) is 87.7 Å². The zero-order valence-corrected chi connectivity index (χ0v) is 26.0. The van der Waals surface area contributed by atoms with Gasteiger partial charge in [0.15, 0.2) is 0 Å². The lowest BCUT2D eigenvalue weighted by Crippen LogP contribution is -2.52. The molecule has 0 aromatic heterocycles. The van der Waals surface area contributed by atoms with Gasteiger partial charge in [-0.15, -0.1) is 0 Å². The molecule has 0 fully saturated rings. The third kappa shape index (κ3) is 10.9. The zero-order valence-electron chi connectivity index (χ0n) is 25.2. The van der Waals surface area contributed by atoms with E-state index in [4.69, 9.17) is 4.74 Å². The van der Waals surface area contributed by atoms with Crippen LogP contribution in [0.3, 0.4) is 0 Å². The number of alkyl carbamates (subject to hydrolysis) is 1. The van der Waals surface area contributed by atoms with Gasteiger partial charge in [-0.05, 0) is 76.7 Å². The summed E-state index contributed by atoms with van der Waals surface area (Å²) in [7, 11) is 0. The van der Waals surface area contributed by atoms with E-state index in [1.807, 2.05) is 68.6 Å². The molecule has 2 unspecified atom stereocenters. The Morgan fingerprint density at radius 2 is 1.73 bits per heavy atom. The van der Waals surface area contributed by atoms with Crippen LogP contribution in [0.1, 0.15) is 82.5 Å². The van der Waals surface area contributed by atoms with Gasteiger partial charge in [0.05, 0.1) is 0 Å². The molecule has 0 heterocycles. The molecular formula is C32H47N3O4S. The molecule has 0 aliphatic rings. The molecule has 0 radical (unpaired) electrons. The number of unbranched alkanes of at least 4 members (excludes halogenated alkanes) is 3. The summed E-state index contributed by atoms with van der Waals surface area (Å²) < 4.78 is 5.48. The number of benzene rings is 2. The Bertz CT molecular complexity index is 1120. The summed E-state index contributed by atoms with van der Waals surface area (Å²) in [6.07, 6.45) is 5.52. The van der Waals surface area contributed by atoms with Crippen LogP contribution in [0.2, 0.25) is 0 Å². The van der Waals surface area contributed by atoms with Crippen LogP contribution in [0.25, 0.3) is 0 Å². The van der Waals surface area contributed by atoms with Crippen molar-refractivity contribution in [1.29, 1.82) is 0 Å². The van der Waals surface area contributed by atoms with E-state index in [9.17, 15) is 14.4 Å². The van der Waals surface area contributed by atoms with Crippen molar-refractivity contribution in [3.63, 3.8) is 0 Å². The minimum atomic E-state index is -0.870. The zero-order chi connectivity index (χ0) is 29.7. The number of hydrogen-bond acceptors (Lipinski definition) is 5. The van der Waals surface area contributed by atoms with Crippen LogP contribution in [0.15, 0.2) is 48.5 Å². The van der Waals surface area contributed by atoms with Crippen molar-refractivity contribution in [3.8, 4) is 0 Å². The summed E-state index contributed by atoms with van der Waals surface area (Å²) in [5.41, 5.74) is 2.67. The van der Waals surface area contributed by atoms with Gasteiger partial charge in [0.25, 0.3) is 5.91 Å². The molecule has 2 rings (SSSR count). The number of carbonyl (C=O) groups is 3. The van der Waals surface area contributed by atoms with E-state index in [1.165, 1.54) is 0 Å². The maximum Gasteiger partial charge on any atom is 0.408 e. The van der Waals surface area contributed by atoms with Gasteiger partial charge in [0.2, 0.25) is 5.91 Å². The van der Waals surface area contributed by atoms with Crippen LogP contribution in [-0.4, -0.2) is 53.0 Å². The van der Waals surface area contributed by atoms with Crippen LogP contribution in [0.5, 0.6) is 0 Å². The van der Waals surface area contributed by atoms with E-state index in [0.717, 1.165) is 42.4 Å². The van der Waals surface area contributed by atoms with Gasteiger partial charge in [-0.2, -0.15) is 11.8 Å². The standard InChI is InChI=1S/C32H47N3O4S/c1-8-9-10-13-20-35(30(37)27(19-21-40-7)34-31(38)39-32(4,5)6)28(25-17-14-15-23(2)22-25)29(36)33-26-18-12-11-16-24(26)3/h11-12,14-18,22,27-28H,8-10,13,19-21H2,1-7H3,(H,33,36)(H,34,38). The first kappa shape index (κ1) is 33.2. The highest BCUT2D eigenvalue weighted by molar-refractivity contribution is 7.98. The number of hydrogen-bond donors (Lipinski definition) is 2. The molecule has 7 nitrogen and oxygen atoms in total. The maximum absolute atomic E-state index is 14.3. The molecule has 8 heteroatoms. The number of anilines is 1. The van der Waals surface area contributed by atoms with Crippen molar-refractivity contribution in [1.82, 2.24) is 10.2 Å². The van der Waals surface area contributed by atoms with E-state index in [1.54, 1.807) is 37.4 Å². The molecule has 2 atom stereocenters. The second-order valence-corrected chi connectivity index (χ2v) is 12.2. The average Bonchev–Trinajstić information content (AvgIpc) is 2.88. The van der Waals surface area contributed by atoms with Crippen LogP contribution in [-0.2, 0) is 14.3 Å². The molecular weight excluding hydrogens is 522 g/mol. The first-order valence-corrected chi connectivity index (χ1v) is 15.6. The molecule has 2 aromatic rings. The Kier molecular flexibility index (Phi) is 13.5. The van der Waals surface area contributed by atoms with Crippen LogP contribution >= 0.6 is 11.8 Å². The normalized spacial score (nSPS) is 12.8. The fraction of sp³-hybridized carbons (Fsp3) is 0.531. The number of rotatable bonds is 14. The number of ether oxygens (including phenoxy) is 1. The monoisotopic (exact) mass is 569 g/mol. The Morgan fingerprint density at radius 1 is 1.00 bits per heavy atom. The van der Waals surface area contributed by atoms with Crippen molar-refractivity contribution in [2.45, 2.75) is 91.3 Å². The number of thioether (sulfide) groups is 1. The van der Waals surface area contributed by atoms with E-state index < -0.39 is 23.8 Å². The third-order valence-electron chi connectivity index (χ3n) is 6.46.